The number of hydrogen-bond acceptors (Lipinski definition) is 3. The maximum absolute atomic E-state index is 12.6. The molecule has 0 saturated carbocycles. The molecule has 4 nitrogen and oxygen atoms in total. The summed E-state index contributed by atoms with van der Waals surface area (Å²) in [7, 11) is 1.44. The van der Waals surface area contributed by atoms with E-state index in [-0.39, 0.29) is 11.3 Å². The lowest BCUT2D eigenvalue weighted by Crippen LogP contribution is -2.16. The number of H-pyrrole nitrogens is 1. The van der Waals surface area contributed by atoms with Crippen LogP contribution in [0.5, 0.6) is 5.75 Å². The first-order chi connectivity index (χ1) is 10.3. The van der Waals surface area contributed by atoms with Gasteiger partial charge in [0.25, 0.3) is 5.78 Å². The number of ketones is 2. The van der Waals surface area contributed by atoms with Crippen molar-refractivity contribution in [1.29, 1.82) is 0 Å². The zero-order chi connectivity index (χ0) is 16.6. The Kier molecular flexibility index (Phi) is 6.09. The van der Waals surface area contributed by atoms with E-state index in [1.165, 1.54) is 7.11 Å². The van der Waals surface area contributed by atoms with E-state index in [0.29, 0.717) is 28.2 Å². The number of carbonyl (C=O) groups excluding carboxylic acids is 2. The van der Waals surface area contributed by atoms with Gasteiger partial charge in [0.05, 0.1) is 30.7 Å². The highest BCUT2D eigenvalue weighted by atomic mass is 79.9. The summed E-state index contributed by atoms with van der Waals surface area (Å²) in [5.74, 6) is -1.05. The molecule has 116 valence electrons. The number of halogens is 5. The third-order valence-corrected chi connectivity index (χ3v) is 7.02. The zero-order valence-electron chi connectivity index (χ0n) is 10.8. The average Bonchev–Trinajstić information content (AvgIpc) is 2.72. The van der Waals surface area contributed by atoms with Crippen LogP contribution in [0.25, 0.3) is 0 Å². The number of benzene rings is 1. The molecule has 1 aromatic carbocycles. The maximum Gasteiger partial charge on any atom is 0.251 e. The minimum atomic E-state index is -0.680. The van der Waals surface area contributed by atoms with Crippen LogP contribution in [0.4, 0.5) is 0 Å². The fraction of sp³-hybridized carbons (Fsp3) is 0.0769. The van der Waals surface area contributed by atoms with Crippen LogP contribution in [-0.4, -0.2) is 23.7 Å². The fourth-order valence-electron chi connectivity index (χ4n) is 1.75. The van der Waals surface area contributed by atoms with Gasteiger partial charge in [-0.3, -0.25) is 9.59 Å². The van der Waals surface area contributed by atoms with Gasteiger partial charge in [0, 0.05) is 4.47 Å². The van der Waals surface area contributed by atoms with E-state index in [4.69, 9.17) is 4.74 Å². The summed E-state index contributed by atoms with van der Waals surface area (Å²) in [5.41, 5.74) is 0.324. The Labute approximate surface area is 168 Å². The number of rotatable bonds is 4. The van der Waals surface area contributed by atoms with E-state index in [1.54, 1.807) is 12.1 Å². The predicted molar refractivity (Wildman–Crippen MR) is 101 cm³/mol. The van der Waals surface area contributed by atoms with Gasteiger partial charge < -0.3 is 9.72 Å². The highest BCUT2D eigenvalue weighted by Gasteiger charge is 2.28. The van der Waals surface area contributed by atoms with Crippen LogP contribution in [0.1, 0.15) is 20.8 Å². The second-order valence-electron chi connectivity index (χ2n) is 4.07. The Hall–Kier alpha value is 0.0400. The molecular weight excluding hydrogens is 618 g/mol. The number of ether oxygens (including phenoxy) is 1. The van der Waals surface area contributed by atoms with Gasteiger partial charge in [0.15, 0.2) is 0 Å². The number of nitrogens with one attached hydrogen (secondary N) is 1. The average molecular weight is 624 g/mol. The molecule has 1 N–H and O–H groups in total. The van der Waals surface area contributed by atoms with Crippen molar-refractivity contribution in [3.05, 3.63) is 45.9 Å². The molecule has 0 aliphatic carbocycles. The SMILES string of the molecule is COc1c(Br)cc(Br)cc1C(=O)C(=O)c1[nH]c(Br)c(Br)c1Br. The monoisotopic (exact) mass is 619 g/mol. The third-order valence-electron chi connectivity index (χ3n) is 2.73. The first-order valence-corrected chi connectivity index (χ1v) is 9.59. The Morgan fingerprint density at radius 1 is 1.00 bits per heavy atom. The lowest BCUT2D eigenvalue weighted by atomic mass is 10.0. The Morgan fingerprint density at radius 2 is 1.64 bits per heavy atom. The van der Waals surface area contributed by atoms with Gasteiger partial charge in [-0.2, -0.15) is 0 Å². The normalized spacial score (nSPS) is 10.6. The summed E-state index contributed by atoms with van der Waals surface area (Å²) in [6.45, 7) is 0. The quantitative estimate of drug-likeness (QED) is 0.341. The van der Waals surface area contributed by atoms with Crippen molar-refractivity contribution >= 4 is 91.2 Å². The van der Waals surface area contributed by atoms with Crippen molar-refractivity contribution in [3.8, 4) is 5.75 Å². The predicted octanol–water partition coefficient (Wildman–Crippen LogP) is 5.90. The highest BCUT2D eigenvalue weighted by Crippen LogP contribution is 2.36. The largest absolute Gasteiger partial charge is 0.495 e. The summed E-state index contributed by atoms with van der Waals surface area (Å²) in [6, 6.07) is 3.28. The molecule has 1 heterocycles. The second-order valence-corrected chi connectivity index (χ2v) is 8.22. The van der Waals surface area contributed by atoms with Crippen LogP contribution in [0.15, 0.2) is 34.6 Å². The molecule has 0 radical (unpaired) electrons. The van der Waals surface area contributed by atoms with Crippen molar-refractivity contribution in [2.24, 2.45) is 0 Å². The van der Waals surface area contributed by atoms with Crippen LogP contribution in [-0.2, 0) is 0 Å². The minimum absolute atomic E-state index is 0.155. The van der Waals surface area contributed by atoms with E-state index in [9.17, 15) is 9.59 Å². The lowest BCUT2D eigenvalue weighted by Gasteiger charge is -2.10. The summed E-state index contributed by atoms with van der Waals surface area (Å²) >= 11 is 16.4. The summed E-state index contributed by atoms with van der Waals surface area (Å²) < 4.78 is 8.13. The van der Waals surface area contributed by atoms with Gasteiger partial charge in [0.2, 0.25) is 5.78 Å². The molecule has 2 aromatic rings. The van der Waals surface area contributed by atoms with Crippen LogP contribution in [0.2, 0.25) is 0 Å². The number of aromatic nitrogens is 1. The number of aromatic amines is 1. The van der Waals surface area contributed by atoms with Gasteiger partial charge in [0.1, 0.15) is 11.4 Å². The molecule has 0 fully saturated rings. The molecule has 0 unspecified atom stereocenters. The fourth-order valence-corrected chi connectivity index (χ4v) is 4.58. The van der Waals surface area contributed by atoms with Crippen molar-refractivity contribution in [1.82, 2.24) is 4.98 Å². The lowest BCUT2D eigenvalue weighted by molar-refractivity contribution is 0.0812. The van der Waals surface area contributed by atoms with Gasteiger partial charge in [-0.15, -0.1) is 0 Å². The molecule has 22 heavy (non-hydrogen) atoms. The molecule has 0 aliphatic heterocycles. The number of hydrogen-bond donors (Lipinski definition) is 1. The topological polar surface area (TPSA) is 59.2 Å². The van der Waals surface area contributed by atoms with Crippen LogP contribution < -0.4 is 4.74 Å². The van der Waals surface area contributed by atoms with Gasteiger partial charge >= 0.3 is 0 Å². The van der Waals surface area contributed by atoms with E-state index in [1.807, 2.05) is 0 Å². The van der Waals surface area contributed by atoms with Crippen molar-refractivity contribution in [3.63, 3.8) is 0 Å². The Morgan fingerprint density at radius 3 is 2.14 bits per heavy atom. The Balaban J connectivity index is 2.52. The summed E-state index contributed by atoms with van der Waals surface area (Å²) in [4.78, 5) is 27.9. The minimum Gasteiger partial charge on any atom is -0.495 e. The van der Waals surface area contributed by atoms with E-state index in [2.05, 4.69) is 84.6 Å². The molecule has 0 atom stereocenters. The molecular formula is C13H6Br5NO3. The van der Waals surface area contributed by atoms with Crippen LogP contribution in [0, 0.1) is 0 Å². The molecule has 0 spiro atoms. The Bertz CT molecular complexity index is 784. The molecule has 0 amide bonds. The third kappa shape index (κ3) is 3.43. The highest BCUT2D eigenvalue weighted by molar-refractivity contribution is 9.14. The molecule has 0 aliphatic rings. The molecule has 0 bridgehead atoms. The van der Waals surface area contributed by atoms with Gasteiger partial charge in [-0.25, -0.2) is 0 Å². The van der Waals surface area contributed by atoms with E-state index < -0.39 is 11.6 Å². The molecule has 1 aromatic heterocycles. The zero-order valence-corrected chi connectivity index (χ0v) is 18.7. The van der Waals surface area contributed by atoms with Crippen molar-refractivity contribution < 1.29 is 14.3 Å². The number of Topliss-reactive ketones (excluding diaryl/α,β-unsaturated/α-hetero) is 2. The summed E-state index contributed by atoms with van der Waals surface area (Å²) in [6.07, 6.45) is 0. The van der Waals surface area contributed by atoms with Gasteiger partial charge in [-0.1, -0.05) is 15.9 Å². The van der Waals surface area contributed by atoms with E-state index >= 15 is 0 Å². The second kappa shape index (κ2) is 7.29. The maximum atomic E-state index is 12.6. The number of methoxy groups -OCH3 is 1. The first kappa shape index (κ1) is 18.4. The first-order valence-electron chi connectivity index (χ1n) is 5.62. The van der Waals surface area contributed by atoms with Gasteiger partial charge in [-0.05, 0) is 75.9 Å². The molecule has 0 saturated heterocycles. The van der Waals surface area contributed by atoms with Crippen LogP contribution >= 0.6 is 79.6 Å². The standard InChI is InChI=1S/C13H6Br5NO3/c1-22-12-5(2-4(14)3-6(12)15)10(20)11(21)9-7(16)8(17)13(18)19-9/h2-3,19H,1H3. The van der Waals surface area contributed by atoms with E-state index in [0.717, 1.165) is 0 Å². The van der Waals surface area contributed by atoms with Crippen LogP contribution in [0.3, 0.4) is 0 Å². The molecule has 9 heteroatoms. The number of carbonyl (C=O) groups is 2. The molecule has 2 rings (SSSR count). The van der Waals surface area contributed by atoms with Crippen molar-refractivity contribution in [2.75, 3.05) is 7.11 Å². The van der Waals surface area contributed by atoms with Crippen molar-refractivity contribution in [2.45, 2.75) is 0 Å². The summed E-state index contributed by atoms with van der Waals surface area (Å²) in [5, 5.41) is 0. The smallest absolute Gasteiger partial charge is 0.251 e.